The topological polar surface area (TPSA) is 68.5 Å². The summed E-state index contributed by atoms with van der Waals surface area (Å²) >= 11 is 1.65. The number of rotatable bonds is 4. The molecule has 0 atom stereocenters. The van der Waals surface area contributed by atoms with Gasteiger partial charge in [-0.2, -0.15) is 0 Å². The van der Waals surface area contributed by atoms with Crippen LogP contribution in [0.1, 0.15) is 24.7 Å². The number of nitrogens with one attached hydrogen (secondary N) is 1. The normalized spacial score (nSPS) is 14.9. The Bertz CT molecular complexity index is 714. The van der Waals surface area contributed by atoms with E-state index in [2.05, 4.69) is 44.0 Å². The predicted octanol–water partition coefficient (Wildman–Crippen LogP) is 2.23. The van der Waals surface area contributed by atoms with E-state index in [9.17, 15) is 0 Å². The van der Waals surface area contributed by atoms with Gasteiger partial charge in [-0.15, -0.1) is 16.4 Å². The Kier molecular flexibility index (Phi) is 2.44. The number of tetrazole rings is 1. The van der Waals surface area contributed by atoms with Crippen LogP contribution in [0.3, 0.4) is 0 Å². The van der Waals surface area contributed by atoms with Crippen LogP contribution in [0, 0.1) is 0 Å². The number of anilines is 1. The third-order valence-electron chi connectivity index (χ3n) is 3.23. The molecule has 2 heterocycles. The Morgan fingerprint density at radius 2 is 2.32 bits per heavy atom. The number of fused-ring (bicyclic) bond motifs is 1. The van der Waals surface area contributed by atoms with Crippen molar-refractivity contribution in [1.82, 2.24) is 25.2 Å². The summed E-state index contributed by atoms with van der Waals surface area (Å²) < 4.78 is 3.13. The summed E-state index contributed by atoms with van der Waals surface area (Å²) in [5.74, 6) is 0.890. The van der Waals surface area contributed by atoms with Gasteiger partial charge in [0.25, 0.3) is 0 Å². The van der Waals surface area contributed by atoms with Crippen molar-refractivity contribution in [2.24, 2.45) is 0 Å². The van der Waals surface area contributed by atoms with E-state index < -0.39 is 0 Å². The van der Waals surface area contributed by atoms with E-state index in [0.29, 0.717) is 12.6 Å². The van der Waals surface area contributed by atoms with E-state index >= 15 is 0 Å². The van der Waals surface area contributed by atoms with Crippen molar-refractivity contribution in [3.8, 4) is 0 Å². The molecular formula is C12H12N6S. The molecule has 1 N–H and O–H groups in total. The molecule has 7 heteroatoms. The molecule has 1 aliphatic rings. The SMILES string of the molecule is c1nc2cc(NCc3nnnn3C3CC3)ccc2s1. The Morgan fingerprint density at radius 3 is 3.21 bits per heavy atom. The fourth-order valence-electron chi connectivity index (χ4n) is 2.08. The molecule has 1 fully saturated rings. The standard InChI is InChI=1S/C12H12N6S/c1-4-11-10(14-7-19-11)5-8(1)13-6-12-15-16-17-18(12)9-2-3-9/h1,4-5,7,9,13H,2-3,6H2. The van der Waals surface area contributed by atoms with Gasteiger partial charge in [-0.1, -0.05) is 0 Å². The second kappa shape index (κ2) is 4.27. The molecule has 1 aliphatic carbocycles. The van der Waals surface area contributed by atoms with Crippen molar-refractivity contribution in [2.75, 3.05) is 5.32 Å². The second-order valence-corrected chi connectivity index (χ2v) is 5.55. The Hall–Kier alpha value is -2.02. The van der Waals surface area contributed by atoms with Crippen molar-refractivity contribution in [1.29, 1.82) is 0 Å². The Balaban J connectivity index is 1.52. The van der Waals surface area contributed by atoms with Crippen LogP contribution < -0.4 is 5.32 Å². The molecule has 96 valence electrons. The predicted molar refractivity (Wildman–Crippen MR) is 73.0 cm³/mol. The highest BCUT2D eigenvalue weighted by Crippen LogP contribution is 2.34. The summed E-state index contributed by atoms with van der Waals surface area (Å²) in [7, 11) is 0. The van der Waals surface area contributed by atoms with Crippen LogP contribution in [0.15, 0.2) is 23.7 Å². The summed E-state index contributed by atoms with van der Waals surface area (Å²) in [5, 5.41) is 15.2. The first kappa shape index (κ1) is 10.9. The van der Waals surface area contributed by atoms with Gasteiger partial charge in [0.15, 0.2) is 5.82 Å². The largest absolute Gasteiger partial charge is 0.378 e. The van der Waals surface area contributed by atoms with Gasteiger partial charge in [0.1, 0.15) is 0 Å². The quantitative estimate of drug-likeness (QED) is 0.788. The Morgan fingerprint density at radius 1 is 1.37 bits per heavy atom. The molecular weight excluding hydrogens is 260 g/mol. The van der Waals surface area contributed by atoms with Gasteiger partial charge in [-0.25, -0.2) is 9.67 Å². The lowest BCUT2D eigenvalue weighted by Crippen LogP contribution is -2.08. The maximum atomic E-state index is 4.31. The van der Waals surface area contributed by atoms with Gasteiger partial charge in [-0.3, -0.25) is 0 Å². The minimum absolute atomic E-state index is 0.507. The van der Waals surface area contributed by atoms with Crippen LogP contribution in [0.25, 0.3) is 10.2 Å². The van der Waals surface area contributed by atoms with Gasteiger partial charge in [0, 0.05) is 5.69 Å². The van der Waals surface area contributed by atoms with Crippen LogP contribution in [0.4, 0.5) is 5.69 Å². The van der Waals surface area contributed by atoms with Crippen molar-refractivity contribution >= 4 is 27.2 Å². The highest BCUT2D eigenvalue weighted by Gasteiger charge is 2.27. The summed E-state index contributed by atoms with van der Waals surface area (Å²) in [4.78, 5) is 4.31. The highest BCUT2D eigenvalue weighted by molar-refractivity contribution is 7.16. The van der Waals surface area contributed by atoms with Gasteiger partial charge < -0.3 is 5.32 Å². The first-order valence-electron chi connectivity index (χ1n) is 6.24. The molecule has 0 amide bonds. The monoisotopic (exact) mass is 272 g/mol. The molecule has 0 aliphatic heterocycles. The first-order chi connectivity index (χ1) is 9.40. The molecule has 4 rings (SSSR count). The van der Waals surface area contributed by atoms with E-state index in [-0.39, 0.29) is 0 Å². The van der Waals surface area contributed by atoms with Crippen LogP contribution >= 0.6 is 11.3 Å². The molecule has 6 nitrogen and oxygen atoms in total. The number of nitrogens with zero attached hydrogens (tertiary/aromatic N) is 5. The summed E-state index contributed by atoms with van der Waals surface area (Å²) in [6, 6.07) is 6.70. The fraction of sp³-hybridized carbons (Fsp3) is 0.333. The molecule has 2 aromatic heterocycles. The molecule has 3 aromatic rings. The minimum Gasteiger partial charge on any atom is -0.378 e. The molecule has 1 saturated carbocycles. The zero-order valence-corrected chi connectivity index (χ0v) is 11.0. The molecule has 1 aromatic carbocycles. The van der Waals surface area contributed by atoms with Crippen LogP contribution in [0.2, 0.25) is 0 Å². The minimum atomic E-state index is 0.507. The van der Waals surface area contributed by atoms with E-state index in [1.54, 1.807) is 11.3 Å². The summed E-state index contributed by atoms with van der Waals surface area (Å²) in [5.41, 5.74) is 3.93. The lowest BCUT2D eigenvalue weighted by molar-refractivity contribution is 0.586. The van der Waals surface area contributed by atoms with Crippen molar-refractivity contribution in [3.05, 3.63) is 29.5 Å². The lowest BCUT2D eigenvalue weighted by atomic mass is 10.3. The summed E-state index contributed by atoms with van der Waals surface area (Å²) in [6.45, 7) is 0.638. The van der Waals surface area contributed by atoms with Gasteiger partial charge >= 0.3 is 0 Å². The van der Waals surface area contributed by atoms with Gasteiger partial charge in [-0.05, 0) is 41.5 Å². The number of benzene rings is 1. The average Bonchev–Trinajstić information content (AvgIpc) is 3.00. The number of thiazole rings is 1. The maximum Gasteiger partial charge on any atom is 0.170 e. The molecule has 0 radical (unpaired) electrons. The molecule has 0 saturated heterocycles. The van der Waals surface area contributed by atoms with E-state index in [0.717, 1.165) is 17.0 Å². The van der Waals surface area contributed by atoms with E-state index in [1.807, 2.05) is 10.2 Å². The molecule has 0 spiro atoms. The lowest BCUT2D eigenvalue weighted by Gasteiger charge is -2.06. The number of hydrogen-bond donors (Lipinski definition) is 1. The zero-order valence-electron chi connectivity index (χ0n) is 10.2. The summed E-state index contributed by atoms with van der Waals surface area (Å²) in [6.07, 6.45) is 2.37. The number of aromatic nitrogens is 5. The third-order valence-corrected chi connectivity index (χ3v) is 4.04. The van der Waals surface area contributed by atoms with E-state index in [1.165, 1.54) is 17.5 Å². The van der Waals surface area contributed by atoms with Crippen molar-refractivity contribution in [2.45, 2.75) is 25.4 Å². The second-order valence-electron chi connectivity index (χ2n) is 4.66. The third kappa shape index (κ3) is 2.06. The van der Waals surface area contributed by atoms with Crippen LogP contribution in [-0.4, -0.2) is 25.2 Å². The molecule has 0 unspecified atom stereocenters. The van der Waals surface area contributed by atoms with Crippen molar-refractivity contribution < 1.29 is 0 Å². The average molecular weight is 272 g/mol. The smallest absolute Gasteiger partial charge is 0.170 e. The molecule has 19 heavy (non-hydrogen) atoms. The first-order valence-corrected chi connectivity index (χ1v) is 7.12. The van der Waals surface area contributed by atoms with Crippen LogP contribution in [-0.2, 0) is 6.54 Å². The zero-order chi connectivity index (χ0) is 12.7. The highest BCUT2D eigenvalue weighted by atomic mass is 32.1. The van der Waals surface area contributed by atoms with Crippen molar-refractivity contribution in [3.63, 3.8) is 0 Å². The van der Waals surface area contributed by atoms with Crippen LogP contribution in [0.5, 0.6) is 0 Å². The van der Waals surface area contributed by atoms with Gasteiger partial charge in [0.05, 0.1) is 28.3 Å². The number of hydrogen-bond acceptors (Lipinski definition) is 6. The maximum absolute atomic E-state index is 4.31. The fourth-order valence-corrected chi connectivity index (χ4v) is 2.74. The van der Waals surface area contributed by atoms with Gasteiger partial charge in [0.2, 0.25) is 0 Å². The van der Waals surface area contributed by atoms with E-state index in [4.69, 9.17) is 0 Å². The Labute approximate surface area is 113 Å². The molecule has 0 bridgehead atoms.